The van der Waals surface area contributed by atoms with Gasteiger partial charge in [0.2, 0.25) is 5.78 Å². The maximum atomic E-state index is 13.6. The molecule has 0 spiro atoms. The number of Topliss-reactive ketones (excluding diaryl/α,β-unsaturated/α-hetero) is 2. The number of aliphatic hydroxyl groups is 3. The van der Waals surface area contributed by atoms with Crippen LogP contribution in [0.25, 0.3) is 5.76 Å². The van der Waals surface area contributed by atoms with E-state index < -0.39 is 63.8 Å². The fourth-order valence-corrected chi connectivity index (χ4v) is 5.74. The van der Waals surface area contributed by atoms with E-state index in [2.05, 4.69) is 15.9 Å². The first-order valence-corrected chi connectivity index (χ1v) is 10.6. The molecule has 1 aromatic carbocycles. The van der Waals surface area contributed by atoms with Crippen LogP contribution in [-0.4, -0.2) is 68.5 Å². The number of hydrogen-bond acceptors (Lipinski definition) is 9. The van der Waals surface area contributed by atoms with Gasteiger partial charge < -0.3 is 31.9 Å². The number of aliphatic hydroxyl groups excluding tert-OH is 2. The number of halogens is 1. The Labute approximate surface area is 190 Å². The zero-order chi connectivity index (χ0) is 23.9. The first kappa shape index (κ1) is 22.3. The number of aromatic hydroxyl groups is 1. The topological polar surface area (TPSA) is 187 Å². The summed E-state index contributed by atoms with van der Waals surface area (Å²) in [6.07, 6.45) is 0.246. The first-order chi connectivity index (χ1) is 14.8. The maximum absolute atomic E-state index is 13.6. The molecule has 1 amide bonds. The molecule has 4 atom stereocenters. The van der Waals surface area contributed by atoms with Crippen LogP contribution in [0.4, 0.5) is 5.69 Å². The molecule has 3 aliphatic rings. The molecule has 1 aromatic rings. The van der Waals surface area contributed by atoms with Gasteiger partial charge in [-0.3, -0.25) is 19.3 Å². The normalized spacial score (nSPS) is 29.7. The first-order valence-electron chi connectivity index (χ1n) is 9.78. The van der Waals surface area contributed by atoms with Crippen LogP contribution in [0.5, 0.6) is 5.75 Å². The van der Waals surface area contributed by atoms with Crippen molar-refractivity contribution in [3.8, 4) is 5.75 Å². The Morgan fingerprint density at radius 1 is 1.25 bits per heavy atom. The molecule has 0 bridgehead atoms. The van der Waals surface area contributed by atoms with Gasteiger partial charge >= 0.3 is 0 Å². The minimum Gasteiger partial charge on any atom is -0.508 e. The summed E-state index contributed by atoms with van der Waals surface area (Å²) in [7, 11) is 3.09. The third-order valence-electron chi connectivity index (χ3n) is 6.70. The summed E-state index contributed by atoms with van der Waals surface area (Å²) >= 11 is 3.25. The molecule has 4 rings (SSSR count). The largest absolute Gasteiger partial charge is 0.508 e. The van der Waals surface area contributed by atoms with E-state index >= 15 is 0 Å². The lowest BCUT2D eigenvalue weighted by Gasteiger charge is -2.50. The molecule has 0 radical (unpaired) electrons. The molecule has 170 valence electrons. The van der Waals surface area contributed by atoms with Crippen LogP contribution in [0, 0.1) is 11.8 Å². The molecular formula is C21H22BrN3O7. The number of hydrogen-bond donors (Lipinski definition) is 6. The molecule has 0 saturated heterocycles. The number of phenolic OH excluding ortho intramolecular Hbond substituents is 1. The van der Waals surface area contributed by atoms with E-state index in [0.29, 0.717) is 10.0 Å². The number of nitrogen functional groups attached to an aromatic ring is 1. The number of fused-ring (bicyclic) bond motifs is 3. The Kier molecular flexibility index (Phi) is 4.92. The number of anilines is 1. The van der Waals surface area contributed by atoms with E-state index in [1.165, 1.54) is 4.90 Å². The van der Waals surface area contributed by atoms with E-state index in [1.54, 1.807) is 20.2 Å². The van der Waals surface area contributed by atoms with Crippen molar-refractivity contribution in [1.82, 2.24) is 4.90 Å². The third kappa shape index (κ3) is 2.68. The quantitative estimate of drug-likeness (QED) is 0.186. The number of nitrogens with two attached hydrogens (primary N) is 2. The minimum atomic E-state index is -2.65. The molecule has 10 nitrogen and oxygen atoms in total. The van der Waals surface area contributed by atoms with Crippen LogP contribution in [0.1, 0.15) is 17.5 Å². The molecule has 3 unspecified atom stereocenters. The van der Waals surface area contributed by atoms with Crippen molar-refractivity contribution in [3.63, 3.8) is 0 Å². The third-order valence-corrected chi connectivity index (χ3v) is 7.36. The fraction of sp³-hybridized carbons (Fsp3) is 0.381. The molecule has 0 heterocycles. The summed E-state index contributed by atoms with van der Waals surface area (Å²) in [4.78, 5) is 39.9. The molecule has 0 aromatic heterocycles. The lowest BCUT2D eigenvalue weighted by atomic mass is 9.57. The van der Waals surface area contributed by atoms with Crippen LogP contribution < -0.4 is 11.5 Å². The average Bonchev–Trinajstić information content (AvgIpc) is 2.68. The molecule has 32 heavy (non-hydrogen) atoms. The van der Waals surface area contributed by atoms with Crippen LogP contribution in [-0.2, 0) is 20.8 Å². The highest BCUT2D eigenvalue weighted by Gasteiger charge is 2.64. The van der Waals surface area contributed by atoms with Crippen molar-refractivity contribution in [2.24, 2.45) is 17.6 Å². The molecule has 0 aliphatic heterocycles. The van der Waals surface area contributed by atoms with E-state index in [1.807, 2.05) is 0 Å². The Bertz CT molecular complexity index is 1170. The predicted molar refractivity (Wildman–Crippen MR) is 116 cm³/mol. The van der Waals surface area contributed by atoms with Crippen molar-refractivity contribution in [3.05, 3.63) is 38.6 Å². The fourth-order valence-electron chi connectivity index (χ4n) is 5.28. The molecule has 1 saturated carbocycles. The van der Waals surface area contributed by atoms with Crippen LogP contribution >= 0.6 is 15.9 Å². The highest BCUT2D eigenvalue weighted by molar-refractivity contribution is 9.10. The van der Waals surface area contributed by atoms with Crippen molar-refractivity contribution in [1.29, 1.82) is 0 Å². The van der Waals surface area contributed by atoms with Crippen molar-refractivity contribution in [2.45, 2.75) is 24.5 Å². The number of likely N-dealkylation sites (N-methyl/N-ethyl adjacent to an activating group) is 1. The Hall–Kier alpha value is -2.89. The van der Waals surface area contributed by atoms with Gasteiger partial charge in [-0.25, -0.2) is 0 Å². The number of primary amides is 1. The van der Waals surface area contributed by atoms with Gasteiger partial charge in [0.15, 0.2) is 17.1 Å². The molecule has 3 aliphatic carbocycles. The number of amides is 1. The maximum Gasteiger partial charge on any atom is 0.255 e. The summed E-state index contributed by atoms with van der Waals surface area (Å²) < 4.78 is 0.411. The second-order valence-electron chi connectivity index (χ2n) is 8.62. The highest BCUT2D eigenvalue weighted by atomic mass is 79.9. The molecular weight excluding hydrogens is 486 g/mol. The van der Waals surface area contributed by atoms with Crippen molar-refractivity contribution < 1.29 is 34.8 Å². The van der Waals surface area contributed by atoms with E-state index in [-0.39, 0.29) is 29.7 Å². The van der Waals surface area contributed by atoms with Gasteiger partial charge in [-0.2, -0.15) is 0 Å². The second-order valence-corrected chi connectivity index (χ2v) is 9.47. The smallest absolute Gasteiger partial charge is 0.255 e. The molecule has 8 N–H and O–H groups in total. The van der Waals surface area contributed by atoms with Gasteiger partial charge in [0, 0.05) is 16.0 Å². The minimum absolute atomic E-state index is 0.0362. The standard InChI is InChI=1S/C21H22BrN3O7/c1-25(2)14-8-4-6-3-7-5-9(22)13(23)16(27)10(7)15(26)11(6)18(29)21(8,32)19(30)12(17(14)28)20(24)31/h5-6,8,14,26-27,30,32H,3-4,23H2,1-2H3,(H2,24,31)/t6?,8?,14-,21?/m0/s1. The van der Waals surface area contributed by atoms with Gasteiger partial charge in [-0.05, 0) is 60.4 Å². The van der Waals surface area contributed by atoms with Gasteiger partial charge in [-0.15, -0.1) is 0 Å². The van der Waals surface area contributed by atoms with E-state index in [9.17, 15) is 34.8 Å². The van der Waals surface area contributed by atoms with E-state index in [0.717, 1.165) is 0 Å². The number of rotatable bonds is 2. The summed E-state index contributed by atoms with van der Waals surface area (Å²) in [6.45, 7) is 0. The number of carbonyl (C=O) groups excluding carboxylic acids is 3. The van der Waals surface area contributed by atoms with E-state index in [4.69, 9.17) is 11.5 Å². The van der Waals surface area contributed by atoms with Crippen molar-refractivity contribution in [2.75, 3.05) is 19.8 Å². The zero-order valence-electron chi connectivity index (χ0n) is 17.2. The number of ketones is 2. The number of phenols is 1. The van der Waals surface area contributed by atoms with Gasteiger partial charge in [-0.1, -0.05) is 0 Å². The van der Waals surface area contributed by atoms with Crippen LogP contribution in [0.15, 0.2) is 27.4 Å². The highest BCUT2D eigenvalue weighted by Crippen LogP contribution is 2.53. The number of carbonyl (C=O) groups is 3. The second kappa shape index (κ2) is 7.06. The summed E-state index contributed by atoms with van der Waals surface area (Å²) in [5.74, 6) is -6.96. The number of benzene rings is 1. The molecule has 11 heteroatoms. The summed E-state index contributed by atoms with van der Waals surface area (Å²) in [5, 5.41) is 43.7. The SMILES string of the molecule is CN(C)[C@@H]1C(=O)C(C(N)=O)=C(O)C2(O)C(=O)C3=C(O)c4c(cc(Br)c(N)c4O)CC3CC12. The predicted octanol–water partition coefficient (Wildman–Crippen LogP) is 0.309. The molecule has 1 fully saturated rings. The number of nitrogens with zero attached hydrogens (tertiary/aromatic N) is 1. The summed E-state index contributed by atoms with van der Waals surface area (Å²) in [6, 6.07) is 0.514. The zero-order valence-corrected chi connectivity index (χ0v) is 18.8. The average molecular weight is 508 g/mol. The Morgan fingerprint density at radius 3 is 2.44 bits per heavy atom. The summed E-state index contributed by atoms with van der Waals surface area (Å²) in [5.41, 5.74) is 7.85. The van der Waals surface area contributed by atoms with Gasteiger partial charge in [0.25, 0.3) is 5.91 Å². The van der Waals surface area contributed by atoms with Crippen LogP contribution in [0.2, 0.25) is 0 Å². The Balaban J connectivity index is 1.99. The monoisotopic (exact) mass is 507 g/mol. The van der Waals surface area contributed by atoms with Crippen molar-refractivity contribution >= 4 is 44.9 Å². The lowest BCUT2D eigenvalue weighted by Crippen LogP contribution is -2.65. The Morgan fingerprint density at radius 2 is 1.88 bits per heavy atom. The van der Waals surface area contributed by atoms with Crippen LogP contribution in [0.3, 0.4) is 0 Å². The lowest BCUT2D eigenvalue weighted by molar-refractivity contribution is -0.153. The van der Waals surface area contributed by atoms with Gasteiger partial charge in [0.1, 0.15) is 17.1 Å². The van der Waals surface area contributed by atoms with Gasteiger partial charge in [0.05, 0.1) is 17.3 Å².